The van der Waals surface area contributed by atoms with E-state index < -0.39 is 0 Å². The molecule has 0 saturated carbocycles. The van der Waals surface area contributed by atoms with Crippen LogP contribution in [0, 0.1) is 13.8 Å². The van der Waals surface area contributed by atoms with Crippen molar-refractivity contribution in [3.63, 3.8) is 0 Å². The zero-order valence-corrected chi connectivity index (χ0v) is 16.7. The van der Waals surface area contributed by atoms with E-state index in [4.69, 9.17) is 11.6 Å². The first-order valence-corrected chi connectivity index (χ1v) is 8.82. The standard InChI is InChI=1S/C19H28ClN5/c1-13-15(14(2)25(6)24-13)11-22-18(21-5)23-12-19(3,4)16-9-7-8-10-17(16)20/h7-10H,11-12H2,1-6H3,(H2,21,22,23). The van der Waals surface area contributed by atoms with Gasteiger partial charge in [0.1, 0.15) is 0 Å². The minimum atomic E-state index is -0.115. The van der Waals surface area contributed by atoms with Gasteiger partial charge in [0, 0.05) is 48.9 Å². The Labute approximate surface area is 155 Å². The van der Waals surface area contributed by atoms with Crippen molar-refractivity contribution in [3.05, 3.63) is 51.8 Å². The summed E-state index contributed by atoms with van der Waals surface area (Å²) in [4.78, 5) is 4.32. The van der Waals surface area contributed by atoms with Crippen LogP contribution in [0.4, 0.5) is 0 Å². The van der Waals surface area contributed by atoms with Crippen molar-refractivity contribution in [1.82, 2.24) is 20.4 Å². The number of halogens is 1. The second-order valence-electron chi connectivity index (χ2n) is 6.92. The van der Waals surface area contributed by atoms with E-state index in [1.807, 2.05) is 36.9 Å². The minimum absolute atomic E-state index is 0.115. The molecule has 6 heteroatoms. The largest absolute Gasteiger partial charge is 0.356 e. The summed E-state index contributed by atoms with van der Waals surface area (Å²) in [6.45, 7) is 9.86. The maximum atomic E-state index is 6.35. The third kappa shape index (κ3) is 4.54. The van der Waals surface area contributed by atoms with Gasteiger partial charge in [-0.2, -0.15) is 5.10 Å². The van der Waals surface area contributed by atoms with Crippen LogP contribution in [-0.2, 0) is 19.0 Å². The van der Waals surface area contributed by atoms with Crippen molar-refractivity contribution in [2.75, 3.05) is 13.6 Å². The quantitative estimate of drug-likeness (QED) is 0.634. The number of nitrogens with zero attached hydrogens (tertiary/aromatic N) is 3. The number of nitrogens with one attached hydrogen (secondary N) is 2. The third-order valence-corrected chi connectivity index (χ3v) is 4.95. The van der Waals surface area contributed by atoms with E-state index >= 15 is 0 Å². The Hall–Kier alpha value is -2.01. The maximum absolute atomic E-state index is 6.35. The lowest BCUT2D eigenvalue weighted by Gasteiger charge is -2.27. The number of benzene rings is 1. The smallest absolute Gasteiger partial charge is 0.191 e. The monoisotopic (exact) mass is 361 g/mol. The van der Waals surface area contributed by atoms with E-state index in [2.05, 4.69) is 47.6 Å². The summed E-state index contributed by atoms with van der Waals surface area (Å²) in [6.07, 6.45) is 0. The van der Waals surface area contributed by atoms with Crippen molar-refractivity contribution in [3.8, 4) is 0 Å². The summed E-state index contributed by atoms with van der Waals surface area (Å²) < 4.78 is 1.91. The summed E-state index contributed by atoms with van der Waals surface area (Å²) in [5, 5.41) is 12.0. The fourth-order valence-electron chi connectivity index (χ4n) is 2.88. The number of rotatable bonds is 5. The zero-order valence-electron chi connectivity index (χ0n) is 15.9. The van der Waals surface area contributed by atoms with Crippen LogP contribution in [0.25, 0.3) is 0 Å². The van der Waals surface area contributed by atoms with Crippen molar-refractivity contribution >= 4 is 17.6 Å². The molecule has 0 bridgehead atoms. The molecule has 2 rings (SSSR count). The molecule has 1 aromatic carbocycles. The van der Waals surface area contributed by atoms with Crippen LogP contribution < -0.4 is 10.6 Å². The average Bonchev–Trinajstić information content (AvgIpc) is 2.81. The zero-order chi connectivity index (χ0) is 18.6. The first kappa shape index (κ1) is 19.3. The third-order valence-electron chi connectivity index (χ3n) is 4.62. The lowest BCUT2D eigenvalue weighted by Crippen LogP contribution is -2.43. The van der Waals surface area contributed by atoms with Gasteiger partial charge >= 0.3 is 0 Å². The van der Waals surface area contributed by atoms with Crippen molar-refractivity contribution < 1.29 is 0 Å². The molecule has 0 fully saturated rings. The van der Waals surface area contributed by atoms with Crippen molar-refractivity contribution in [2.45, 2.75) is 39.7 Å². The molecule has 5 nitrogen and oxygen atoms in total. The summed E-state index contributed by atoms with van der Waals surface area (Å²) in [6, 6.07) is 7.97. The molecule has 0 atom stereocenters. The van der Waals surface area contributed by atoms with Crippen LogP contribution in [0.2, 0.25) is 5.02 Å². The average molecular weight is 362 g/mol. The van der Waals surface area contributed by atoms with E-state index in [1.54, 1.807) is 7.05 Å². The molecule has 2 N–H and O–H groups in total. The molecule has 0 spiro atoms. The number of hydrogen-bond donors (Lipinski definition) is 2. The fraction of sp³-hybridized carbons (Fsp3) is 0.474. The van der Waals surface area contributed by atoms with Crippen LogP contribution in [0.3, 0.4) is 0 Å². The first-order chi connectivity index (χ1) is 11.8. The van der Waals surface area contributed by atoms with Gasteiger partial charge in [-0.05, 0) is 25.5 Å². The Balaban J connectivity index is 2.00. The van der Waals surface area contributed by atoms with Crippen LogP contribution in [0.15, 0.2) is 29.3 Å². The number of aromatic nitrogens is 2. The van der Waals surface area contributed by atoms with Gasteiger partial charge in [0.05, 0.1) is 5.69 Å². The molecular weight excluding hydrogens is 334 g/mol. The van der Waals surface area contributed by atoms with Gasteiger partial charge in [0.2, 0.25) is 0 Å². The Morgan fingerprint density at radius 1 is 1.24 bits per heavy atom. The predicted molar refractivity (Wildman–Crippen MR) is 105 cm³/mol. The molecule has 0 amide bonds. The normalized spacial score (nSPS) is 12.4. The van der Waals surface area contributed by atoms with Gasteiger partial charge in [-0.3, -0.25) is 9.67 Å². The molecule has 0 saturated heterocycles. The molecule has 136 valence electrons. The molecule has 25 heavy (non-hydrogen) atoms. The van der Waals surface area contributed by atoms with Crippen LogP contribution >= 0.6 is 11.6 Å². The lowest BCUT2D eigenvalue weighted by molar-refractivity contribution is 0.509. The molecule has 1 aromatic heterocycles. The predicted octanol–water partition coefficient (Wildman–Crippen LogP) is 3.33. The van der Waals surface area contributed by atoms with Crippen molar-refractivity contribution in [2.24, 2.45) is 12.0 Å². The number of hydrogen-bond acceptors (Lipinski definition) is 2. The van der Waals surface area contributed by atoms with Gasteiger partial charge in [-0.15, -0.1) is 0 Å². The van der Waals surface area contributed by atoms with Gasteiger partial charge < -0.3 is 10.6 Å². The van der Waals surface area contributed by atoms with Crippen LogP contribution in [0.5, 0.6) is 0 Å². The number of aryl methyl sites for hydroxylation is 2. The van der Waals surface area contributed by atoms with Gasteiger partial charge in [-0.25, -0.2) is 0 Å². The van der Waals surface area contributed by atoms with Crippen LogP contribution in [-0.4, -0.2) is 29.3 Å². The Bertz CT molecular complexity index is 761. The Morgan fingerprint density at radius 3 is 2.48 bits per heavy atom. The second-order valence-corrected chi connectivity index (χ2v) is 7.32. The molecule has 0 unspecified atom stereocenters. The Kier molecular flexibility index (Phi) is 6.11. The molecule has 0 aliphatic rings. The van der Waals surface area contributed by atoms with E-state index in [-0.39, 0.29) is 5.41 Å². The molecular formula is C19H28ClN5. The van der Waals surface area contributed by atoms with E-state index in [1.165, 1.54) is 5.56 Å². The van der Waals surface area contributed by atoms with Gasteiger partial charge in [-0.1, -0.05) is 43.6 Å². The highest BCUT2D eigenvalue weighted by Gasteiger charge is 2.23. The summed E-state index contributed by atoms with van der Waals surface area (Å²) in [7, 11) is 3.74. The summed E-state index contributed by atoms with van der Waals surface area (Å²) >= 11 is 6.35. The lowest BCUT2D eigenvalue weighted by atomic mass is 9.84. The number of aliphatic imine (C=N–C) groups is 1. The first-order valence-electron chi connectivity index (χ1n) is 8.45. The minimum Gasteiger partial charge on any atom is -0.356 e. The highest BCUT2D eigenvalue weighted by Crippen LogP contribution is 2.28. The molecule has 0 aliphatic heterocycles. The van der Waals surface area contributed by atoms with E-state index in [9.17, 15) is 0 Å². The van der Waals surface area contributed by atoms with Crippen LogP contribution in [0.1, 0.15) is 36.4 Å². The molecule has 1 heterocycles. The highest BCUT2D eigenvalue weighted by molar-refractivity contribution is 6.31. The van der Waals surface area contributed by atoms with Gasteiger partial charge in [0.25, 0.3) is 0 Å². The van der Waals surface area contributed by atoms with E-state index in [0.717, 1.165) is 34.5 Å². The summed E-state index contributed by atoms with van der Waals surface area (Å²) in [5.41, 5.74) is 4.42. The Morgan fingerprint density at radius 2 is 1.92 bits per heavy atom. The van der Waals surface area contributed by atoms with E-state index in [0.29, 0.717) is 6.54 Å². The SMILES string of the molecule is CN=C(NCc1c(C)nn(C)c1C)NCC(C)(C)c1ccccc1Cl. The second kappa shape index (κ2) is 7.91. The number of guanidine groups is 1. The van der Waals surface area contributed by atoms with Gasteiger partial charge in [0.15, 0.2) is 5.96 Å². The fourth-order valence-corrected chi connectivity index (χ4v) is 3.27. The maximum Gasteiger partial charge on any atom is 0.191 e. The molecule has 0 aliphatic carbocycles. The highest BCUT2D eigenvalue weighted by atomic mass is 35.5. The topological polar surface area (TPSA) is 54.2 Å². The van der Waals surface area contributed by atoms with Crippen molar-refractivity contribution in [1.29, 1.82) is 0 Å². The molecule has 2 aromatic rings. The molecule has 0 radical (unpaired) electrons. The summed E-state index contributed by atoms with van der Waals surface area (Å²) in [5.74, 6) is 0.766.